The van der Waals surface area contributed by atoms with Gasteiger partial charge in [0.2, 0.25) is 5.91 Å². The second-order valence-electron chi connectivity index (χ2n) is 9.06. The van der Waals surface area contributed by atoms with Crippen LogP contribution in [0.3, 0.4) is 0 Å². The van der Waals surface area contributed by atoms with Gasteiger partial charge in [-0.3, -0.25) is 9.78 Å². The van der Waals surface area contributed by atoms with E-state index in [0.29, 0.717) is 21.5 Å². The molecule has 2 N–H and O–H groups in total. The Labute approximate surface area is 225 Å². The van der Waals surface area contributed by atoms with Gasteiger partial charge >= 0.3 is 0 Å². The highest BCUT2D eigenvalue weighted by Crippen LogP contribution is 2.43. The molecule has 0 aliphatic carbocycles. The molecule has 0 spiro atoms. The number of hydrogen-bond donors (Lipinski definition) is 2. The number of benzene rings is 2. The molecule has 1 amide bonds. The van der Waals surface area contributed by atoms with Crippen LogP contribution in [0.1, 0.15) is 37.3 Å². The third-order valence-corrected chi connectivity index (χ3v) is 6.93. The quantitative estimate of drug-likeness (QED) is 0.279. The van der Waals surface area contributed by atoms with Crippen molar-refractivity contribution in [1.82, 2.24) is 14.9 Å². The molecule has 2 aromatic heterocycles. The lowest BCUT2D eigenvalue weighted by atomic mass is 10.0. The fraction of sp³-hybridized carbons (Fsp3) is 0.179. The summed E-state index contributed by atoms with van der Waals surface area (Å²) in [6.45, 7) is 3.64. The number of rotatable bonds is 6. The molecule has 1 aliphatic rings. The number of nitrogens with one attached hydrogen (secondary N) is 2. The van der Waals surface area contributed by atoms with Crippen LogP contribution >= 0.6 is 23.8 Å². The van der Waals surface area contributed by atoms with Crippen molar-refractivity contribution in [1.29, 1.82) is 0 Å². The maximum atomic E-state index is 14.9. The second kappa shape index (κ2) is 10.3. The van der Waals surface area contributed by atoms with Gasteiger partial charge in [0.15, 0.2) is 5.11 Å². The molecule has 2 unspecified atom stereocenters. The van der Waals surface area contributed by atoms with Crippen molar-refractivity contribution >= 4 is 46.2 Å². The topological polar surface area (TPSA) is 62.2 Å². The number of anilines is 2. The van der Waals surface area contributed by atoms with Crippen molar-refractivity contribution in [3.05, 3.63) is 107 Å². The summed E-state index contributed by atoms with van der Waals surface area (Å²) in [6, 6.07) is 20.9. The zero-order valence-electron chi connectivity index (χ0n) is 20.2. The molecular formula is C28H25ClFN5OS. The van der Waals surface area contributed by atoms with E-state index >= 15 is 0 Å². The van der Waals surface area contributed by atoms with E-state index in [9.17, 15) is 9.18 Å². The van der Waals surface area contributed by atoms with Crippen molar-refractivity contribution in [3.63, 3.8) is 0 Å². The lowest BCUT2D eigenvalue weighted by Crippen LogP contribution is -2.30. The summed E-state index contributed by atoms with van der Waals surface area (Å²) in [4.78, 5) is 18.8. The van der Waals surface area contributed by atoms with E-state index < -0.39 is 0 Å². The maximum absolute atomic E-state index is 14.9. The van der Waals surface area contributed by atoms with Crippen LogP contribution < -0.4 is 15.5 Å². The lowest BCUT2D eigenvalue weighted by Gasteiger charge is -2.29. The first-order valence-corrected chi connectivity index (χ1v) is 12.7. The van der Waals surface area contributed by atoms with Gasteiger partial charge in [-0.05, 0) is 66.8 Å². The van der Waals surface area contributed by atoms with Gasteiger partial charge in [0, 0.05) is 29.7 Å². The first kappa shape index (κ1) is 24.9. The number of thiocarbonyl (C=S) groups is 1. The average molecular weight is 534 g/mol. The van der Waals surface area contributed by atoms with Gasteiger partial charge in [-0.25, -0.2) is 4.39 Å². The Bertz CT molecular complexity index is 1460. The minimum absolute atomic E-state index is 0.121. The van der Waals surface area contributed by atoms with Crippen molar-refractivity contribution in [2.24, 2.45) is 5.92 Å². The Kier molecular flexibility index (Phi) is 6.95. The number of para-hydroxylation sites is 1. The van der Waals surface area contributed by atoms with Crippen LogP contribution in [0.4, 0.5) is 15.8 Å². The van der Waals surface area contributed by atoms with Crippen molar-refractivity contribution in [2.75, 3.05) is 10.2 Å². The van der Waals surface area contributed by atoms with E-state index in [2.05, 4.69) is 15.6 Å². The number of nitrogens with zero attached hydrogens (tertiary/aromatic N) is 3. The Balaban J connectivity index is 1.61. The van der Waals surface area contributed by atoms with E-state index in [1.165, 1.54) is 6.07 Å². The van der Waals surface area contributed by atoms with Crippen LogP contribution in [-0.4, -0.2) is 20.6 Å². The highest BCUT2D eigenvalue weighted by Gasteiger charge is 2.42. The molecular weight excluding hydrogens is 509 g/mol. The predicted molar refractivity (Wildman–Crippen MR) is 149 cm³/mol. The fourth-order valence-corrected chi connectivity index (χ4v) is 5.04. The molecule has 0 radical (unpaired) electrons. The highest BCUT2D eigenvalue weighted by molar-refractivity contribution is 7.80. The van der Waals surface area contributed by atoms with Crippen molar-refractivity contribution in [2.45, 2.75) is 25.9 Å². The molecule has 37 heavy (non-hydrogen) atoms. The van der Waals surface area contributed by atoms with E-state index in [1.807, 2.05) is 65.9 Å². The minimum Gasteiger partial charge on any atom is -0.351 e. The van der Waals surface area contributed by atoms with Crippen LogP contribution in [0.25, 0.3) is 5.69 Å². The molecule has 1 aliphatic heterocycles. The van der Waals surface area contributed by atoms with Crippen molar-refractivity contribution in [3.8, 4) is 5.69 Å². The van der Waals surface area contributed by atoms with Gasteiger partial charge in [0.05, 0.1) is 28.1 Å². The fourth-order valence-electron chi connectivity index (χ4n) is 4.47. The number of pyridine rings is 1. The number of amides is 1. The highest BCUT2D eigenvalue weighted by atomic mass is 35.5. The second-order valence-corrected chi connectivity index (χ2v) is 9.85. The molecule has 1 fully saturated rings. The molecule has 4 aromatic rings. The Morgan fingerprint density at radius 2 is 1.89 bits per heavy atom. The maximum Gasteiger partial charge on any atom is 0.226 e. The van der Waals surface area contributed by atoms with Crippen LogP contribution in [0, 0.1) is 11.7 Å². The Hall–Kier alpha value is -3.75. The largest absolute Gasteiger partial charge is 0.351 e. The van der Waals surface area contributed by atoms with Crippen LogP contribution in [0.5, 0.6) is 0 Å². The van der Waals surface area contributed by atoms with E-state index in [1.54, 1.807) is 36.5 Å². The normalized spacial score (nSPS) is 17.2. The molecule has 1 saturated heterocycles. The average Bonchev–Trinajstić information content (AvgIpc) is 3.50. The predicted octanol–water partition coefficient (Wildman–Crippen LogP) is 6.44. The zero-order valence-corrected chi connectivity index (χ0v) is 21.8. The molecule has 6 nitrogen and oxygen atoms in total. The Morgan fingerprint density at radius 3 is 2.59 bits per heavy atom. The number of aromatic nitrogens is 2. The van der Waals surface area contributed by atoms with E-state index in [4.69, 9.17) is 23.8 Å². The van der Waals surface area contributed by atoms with Gasteiger partial charge in [-0.2, -0.15) is 0 Å². The molecule has 0 saturated carbocycles. The molecule has 9 heteroatoms. The van der Waals surface area contributed by atoms with E-state index in [0.717, 1.165) is 17.1 Å². The molecule has 2 atom stereocenters. The summed E-state index contributed by atoms with van der Waals surface area (Å²) in [5, 5.41) is 7.13. The summed E-state index contributed by atoms with van der Waals surface area (Å²) in [6.07, 6.45) is 3.57. The van der Waals surface area contributed by atoms with Gasteiger partial charge in [-0.1, -0.05) is 43.6 Å². The first-order valence-electron chi connectivity index (χ1n) is 11.9. The zero-order chi connectivity index (χ0) is 26.1. The van der Waals surface area contributed by atoms with Crippen LogP contribution in [0.2, 0.25) is 5.02 Å². The first-order chi connectivity index (χ1) is 17.8. The summed E-state index contributed by atoms with van der Waals surface area (Å²) >= 11 is 12.4. The molecule has 5 rings (SSSR count). The van der Waals surface area contributed by atoms with Gasteiger partial charge in [0.25, 0.3) is 0 Å². The number of carbonyl (C=O) groups excluding carboxylic acids is 1. The smallest absolute Gasteiger partial charge is 0.226 e. The van der Waals surface area contributed by atoms with E-state index in [-0.39, 0.29) is 29.7 Å². The van der Waals surface area contributed by atoms with Crippen molar-refractivity contribution < 1.29 is 9.18 Å². The molecule has 188 valence electrons. The van der Waals surface area contributed by atoms with Gasteiger partial charge < -0.3 is 20.1 Å². The number of carbonyl (C=O) groups is 1. The summed E-state index contributed by atoms with van der Waals surface area (Å²) in [5.41, 5.74) is 3.31. The number of hydrogen-bond acceptors (Lipinski definition) is 3. The third-order valence-electron chi connectivity index (χ3n) is 6.31. The monoisotopic (exact) mass is 533 g/mol. The standard InChI is InChI=1S/C28H25ClFN5OS/c1-17(2)27(36)32-21-13-12-18(16-19(21)29)35-26(25(33-28(35)37)22-9-5-6-14-31-22)24-11-7-15-34(24)23-10-4-3-8-20(23)30/h3-17,25-26H,1-2H3,(H,32,36)(H,33,37). The summed E-state index contributed by atoms with van der Waals surface area (Å²) < 4.78 is 16.7. The summed E-state index contributed by atoms with van der Waals surface area (Å²) in [7, 11) is 0. The summed E-state index contributed by atoms with van der Waals surface area (Å²) in [5.74, 6) is -0.632. The lowest BCUT2D eigenvalue weighted by molar-refractivity contribution is -0.118. The molecule has 0 bridgehead atoms. The number of halogens is 2. The van der Waals surface area contributed by atoms with Crippen LogP contribution in [-0.2, 0) is 4.79 Å². The third kappa shape index (κ3) is 4.82. The molecule has 2 aromatic carbocycles. The van der Waals surface area contributed by atoms with Gasteiger partial charge in [0.1, 0.15) is 11.9 Å². The van der Waals surface area contributed by atoms with Gasteiger partial charge in [-0.15, -0.1) is 0 Å². The molecule has 3 heterocycles. The minimum atomic E-state index is -0.371. The Morgan fingerprint density at radius 1 is 1.11 bits per heavy atom. The SMILES string of the molecule is CC(C)C(=O)Nc1ccc(N2C(=S)NC(c3ccccn3)C2c2cccn2-c2ccccc2F)cc1Cl. The van der Waals surface area contributed by atoms with Crippen LogP contribution in [0.15, 0.2) is 85.2 Å².